The Morgan fingerprint density at radius 1 is 1.29 bits per heavy atom. The lowest BCUT2D eigenvalue weighted by Gasteiger charge is -2.36. The van der Waals surface area contributed by atoms with Gasteiger partial charge in [-0.05, 0) is 50.5 Å². The van der Waals surface area contributed by atoms with Crippen LogP contribution < -0.4 is 5.32 Å². The van der Waals surface area contributed by atoms with Crippen molar-refractivity contribution in [3.05, 3.63) is 28.2 Å². The fourth-order valence-corrected chi connectivity index (χ4v) is 3.04. The average Bonchev–Trinajstić information content (AvgIpc) is 2.37. The van der Waals surface area contributed by atoms with Crippen molar-refractivity contribution >= 4 is 33.6 Å². The van der Waals surface area contributed by atoms with Crippen molar-refractivity contribution in [2.24, 2.45) is 5.41 Å². The average molecular weight is 355 g/mol. The van der Waals surface area contributed by atoms with Crippen LogP contribution in [0.3, 0.4) is 0 Å². The monoisotopic (exact) mass is 354 g/mol. The number of carbonyl (C=O) groups excluding carboxylic acids is 1. The SMILES string of the molecule is Cc1cc(Br)cc(NC(=O)N2CCC(C)(C(=O)O)CC2)c1. The maximum absolute atomic E-state index is 12.2. The fraction of sp³-hybridized carbons (Fsp3) is 0.467. The Balaban J connectivity index is 1.98. The summed E-state index contributed by atoms with van der Waals surface area (Å²) < 4.78 is 0.912. The highest BCUT2D eigenvalue weighted by molar-refractivity contribution is 9.10. The van der Waals surface area contributed by atoms with E-state index in [1.807, 2.05) is 25.1 Å². The summed E-state index contributed by atoms with van der Waals surface area (Å²) in [7, 11) is 0. The minimum atomic E-state index is -0.787. The lowest BCUT2D eigenvalue weighted by molar-refractivity contribution is -0.150. The van der Waals surface area contributed by atoms with Crippen LogP contribution in [0.15, 0.2) is 22.7 Å². The van der Waals surface area contributed by atoms with Gasteiger partial charge < -0.3 is 15.3 Å². The van der Waals surface area contributed by atoms with Gasteiger partial charge in [-0.3, -0.25) is 4.79 Å². The fourth-order valence-electron chi connectivity index (χ4n) is 2.43. The van der Waals surface area contributed by atoms with E-state index >= 15 is 0 Å². The van der Waals surface area contributed by atoms with E-state index < -0.39 is 11.4 Å². The molecule has 21 heavy (non-hydrogen) atoms. The molecule has 0 unspecified atom stereocenters. The molecule has 2 rings (SSSR count). The van der Waals surface area contributed by atoms with Gasteiger partial charge >= 0.3 is 12.0 Å². The largest absolute Gasteiger partial charge is 0.481 e. The first-order valence-electron chi connectivity index (χ1n) is 6.87. The highest BCUT2D eigenvalue weighted by atomic mass is 79.9. The molecule has 2 amide bonds. The van der Waals surface area contributed by atoms with E-state index in [0.29, 0.717) is 25.9 Å². The Morgan fingerprint density at radius 3 is 2.43 bits per heavy atom. The summed E-state index contributed by atoms with van der Waals surface area (Å²) in [6, 6.07) is 5.53. The first kappa shape index (κ1) is 15.8. The molecule has 1 fully saturated rings. The van der Waals surface area contributed by atoms with Crippen molar-refractivity contribution in [2.75, 3.05) is 18.4 Å². The van der Waals surface area contributed by atoms with Gasteiger partial charge in [0.2, 0.25) is 0 Å². The predicted molar refractivity (Wildman–Crippen MR) is 84.4 cm³/mol. The van der Waals surface area contributed by atoms with Gasteiger partial charge in [-0.15, -0.1) is 0 Å². The molecular weight excluding hydrogens is 336 g/mol. The number of hydrogen-bond acceptors (Lipinski definition) is 2. The van der Waals surface area contributed by atoms with E-state index in [1.165, 1.54) is 0 Å². The molecular formula is C15H19BrN2O3. The molecule has 0 bridgehead atoms. The third-order valence-corrected chi connectivity index (χ3v) is 4.42. The molecule has 0 radical (unpaired) electrons. The lowest BCUT2D eigenvalue weighted by Crippen LogP contribution is -2.46. The van der Waals surface area contributed by atoms with Gasteiger partial charge in [-0.25, -0.2) is 4.79 Å². The normalized spacial score (nSPS) is 17.4. The number of benzene rings is 1. The second kappa shape index (κ2) is 6.05. The number of piperidine rings is 1. The second-order valence-corrected chi connectivity index (χ2v) is 6.72. The molecule has 0 saturated carbocycles. The molecule has 0 atom stereocenters. The Labute approximate surface area is 132 Å². The first-order valence-corrected chi connectivity index (χ1v) is 7.66. The number of likely N-dealkylation sites (tertiary alicyclic amines) is 1. The Kier molecular flexibility index (Phi) is 4.56. The van der Waals surface area contributed by atoms with Gasteiger partial charge in [0.1, 0.15) is 0 Å². The summed E-state index contributed by atoms with van der Waals surface area (Å²) >= 11 is 3.40. The Bertz CT molecular complexity index is 546. The number of amides is 2. The number of carboxylic acid groups (broad SMARTS) is 1. The molecule has 5 nitrogen and oxygen atoms in total. The van der Waals surface area contributed by atoms with Crippen LogP contribution in [-0.4, -0.2) is 35.1 Å². The van der Waals surface area contributed by atoms with Crippen molar-refractivity contribution in [1.82, 2.24) is 4.90 Å². The van der Waals surface area contributed by atoms with Crippen LogP contribution in [0.25, 0.3) is 0 Å². The van der Waals surface area contributed by atoms with Gasteiger partial charge in [0.15, 0.2) is 0 Å². The first-order chi connectivity index (χ1) is 9.80. The second-order valence-electron chi connectivity index (χ2n) is 5.80. The molecule has 1 aromatic rings. The van der Waals surface area contributed by atoms with Crippen molar-refractivity contribution in [1.29, 1.82) is 0 Å². The minimum Gasteiger partial charge on any atom is -0.481 e. The van der Waals surface area contributed by atoms with Crippen molar-refractivity contribution in [3.63, 3.8) is 0 Å². The number of aryl methyl sites for hydroxylation is 1. The summed E-state index contributed by atoms with van der Waals surface area (Å²) in [6.07, 6.45) is 0.959. The van der Waals surface area contributed by atoms with E-state index in [-0.39, 0.29) is 6.03 Å². The predicted octanol–water partition coefficient (Wildman–Crippen LogP) is 3.48. The van der Waals surface area contributed by atoms with E-state index in [2.05, 4.69) is 21.2 Å². The zero-order valence-corrected chi connectivity index (χ0v) is 13.7. The number of aliphatic carboxylic acids is 1. The van der Waals surface area contributed by atoms with Crippen LogP contribution in [0, 0.1) is 12.3 Å². The van der Waals surface area contributed by atoms with E-state index in [0.717, 1.165) is 15.7 Å². The topological polar surface area (TPSA) is 69.6 Å². The Morgan fingerprint density at radius 2 is 1.90 bits per heavy atom. The van der Waals surface area contributed by atoms with Gasteiger partial charge in [-0.1, -0.05) is 15.9 Å². The van der Waals surface area contributed by atoms with Crippen LogP contribution in [-0.2, 0) is 4.79 Å². The van der Waals surface area contributed by atoms with Crippen LogP contribution >= 0.6 is 15.9 Å². The maximum atomic E-state index is 12.2. The summed E-state index contributed by atoms with van der Waals surface area (Å²) in [6.45, 7) is 4.62. The molecule has 6 heteroatoms. The van der Waals surface area contributed by atoms with E-state index in [1.54, 1.807) is 11.8 Å². The van der Waals surface area contributed by atoms with Crippen LogP contribution in [0.4, 0.5) is 10.5 Å². The number of urea groups is 1. The summed E-state index contributed by atoms with van der Waals surface area (Å²) in [4.78, 5) is 25.1. The smallest absolute Gasteiger partial charge is 0.321 e. The molecule has 0 spiro atoms. The highest BCUT2D eigenvalue weighted by Gasteiger charge is 2.38. The highest BCUT2D eigenvalue weighted by Crippen LogP contribution is 2.31. The van der Waals surface area contributed by atoms with Crippen LogP contribution in [0.5, 0.6) is 0 Å². The van der Waals surface area contributed by atoms with E-state index in [9.17, 15) is 14.7 Å². The van der Waals surface area contributed by atoms with Gasteiger partial charge in [0, 0.05) is 23.2 Å². The standard InChI is InChI=1S/C15H19BrN2O3/c1-10-7-11(16)9-12(8-10)17-14(21)18-5-3-15(2,4-6-18)13(19)20/h7-9H,3-6H2,1-2H3,(H,17,21)(H,19,20). The number of carbonyl (C=O) groups is 2. The number of carboxylic acids is 1. The summed E-state index contributed by atoms with van der Waals surface area (Å²) in [5.41, 5.74) is 1.07. The van der Waals surface area contributed by atoms with Crippen molar-refractivity contribution in [2.45, 2.75) is 26.7 Å². The third kappa shape index (κ3) is 3.75. The molecule has 114 valence electrons. The molecule has 1 saturated heterocycles. The van der Waals surface area contributed by atoms with Crippen LogP contribution in [0.1, 0.15) is 25.3 Å². The minimum absolute atomic E-state index is 0.181. The molecule has 1 aliphatic heterocycles. The summed E-state index contributed by atoms with van der Waals surface area (Å²) in [5.74, 6) is -0.787. The number of hydrogen-bond donors (Lipinski definition) is 2. The van der Waals surface area contributed by atoms with Gasteiger partial charge in [0.25, 0.3) is 0 Å². The third-order valence-electron chi connectivity index (χ3n) is 3.96. The van der Waals surface area contributed by atoms with Gasteiger partial charge in [0.05, 0.1) is 5.41 Å². The molecule has 0 aliphatic carbocycles. The molecule has 1 heterocycles. The number of nitrogens with zero attached hydrogens (tertiary/aromatic N) is 1. The van der Waals surface area contributed by atoms with Gasteiger partial charge in [-0.2, -0.15) is 0 Å². The van der Waals surface area contributed by atoms with Crippen molar-refractivity contribution < 1.29 is 14.7 Å². The summed E-state index contributed by atoms with van der Waals surface area (Å²) in [5, 5.41) is 12.1. The zero-order valence-electron chi connectivity index (χ0n) is 12.1. The molecule has 1 aliphatic rings. The molecule has 0 aromatic heterocycles. The number of nitrogens with one attached hydrogen (secondary N) is 1. The molecule has 2 N–H and O–H groups in total. The van der Waals surface area contributed by atoms with Crippen LogP contribution in [0.2, 0.25) is 0 Å². The Hall–Kier alpha value is -1.56. The number of anilines is 1. The molecule has 1 aromatic carbocycles. The quantitative estimate of drug-likeness (QED) is 0.853. The lowest BCUT2D eigenvalue weighted by atomic mass is 9.80. The van der Waals surface area contributed by atoms with E-state index in [4.69, 9.17) is 0 Å². The maximum Gasteiger partial charge on any atom is 0.321 e. The zero-order chi connectivity index (χ0) is 15.6. The number of halogens is 1. The van der Waals surface area contributed by atoms with Crippen molar-refractivity contribution in [3.8, 4) is 0 Å². The number of rotatable bonds is 2.